The van der Waals surface area contributed by atoms with Crippen LogP contribution in [0.4, 0.5) is 0 Å². The van der Waals surface area contributed by atoms with Crippen molar-refractivity contribution in [1.29, 1.82) is 0 Å². The molecule has 0 N–H and O–H groups in total. The molecule has 3 heterocycles. The molecule has 0 spiro atoms. The van der Waals surface area contributed by atoms with Crippen molar-refractivity contribution in [3.05, 3.63) is 121 Å². The molecule has 39 heavy (non-hydrogen) atoms. The van der Waals surface area contributed by atoms with Crippen LogP contribution in [-0.4, -0.2) is 9.97 Å². The number of fused-ring (bicyclic) bond motifs is 7. The second kappa shape index (κ2) is 11.1. The van der Waals surface area contributed by atoms with Crippen molar-refractivity contribution in [2.24, 2.45) is 5.41 Å². The predicted molar refractivity (Wildman–Crippen MR) is 157 cm³/mol. The van der Waals surface area contributed by atoms with Crippen molar-refractivity contribution >= 4 is 43.4 Å². The van der Waals surface area contributed by atoms with Crippen LogP contribution < -0.4 is 0 Å². The molecule has 0 amide bonds. The summed E-state index contributed by atoms with van der Waals surface area (Å²) >= 11 is 0. The van der Waals surface area contributed by atoms with Crippen molar-refractivity contribution < 1.29 is 27.3 Å². The van der Waals surface area contributed by atoms with E-state index in [9.17, 15) is 0 Å². The number of nitrogens with zero attached hydrogens (tertiary/aromatic N) is 2. The summed E-state index contributed by atoms with van der Waals surface area (Å²) in [5, 5.41) is 5.83. The molecule has 0 fully saturated rings. The SMILES string of the molecule is [2H]C([2H])(c1ccnc2c3[c-]cccc3c3cc4occc4cc3c12)C(C)(C)C.[Ir].[c-]1ccccc1-c1ccccn1. The monoisotopic (exact) mass is 687 g/mol. The van der Waals surface area contributed by atoms with Crippen molar-refractivity contribution in [2.75, 3.05) is 0 Å². The predicted octanol–water partition coefficient (Wildman–Crippen LogP) is 9.22. The summed E-state index contributed by atoms with van der Waals surface area (Å²) in [7, 11) is 0. The minimum atomic E-state index is -1.53. The van der Waals surface area contributed by atoms with Gasteiger partial charge >= 0.3 is 0 Å². The molecular weight excluding hydrogens is 657 g/mol. The Labute approximate surface area is 245 Å². The van der Waals surface area contributed by atoms with Crippen LogP contribution in [0.2, 0.25) is 0 Å². The third-order valence-corrected chi connectivity index (χ3v) is 6.36. The maximum atomic E-state index is 8.93. The third-order valence-electron chi connectivity index (χ3n) is 6.36. The number of hydrogen-bond donors (Lipinski definition) is 0. The maximum absolute atomic E-state index is 8.93. The third kappa shape index (κ3) is 5.49. The van der Waals surface area contributed by atoms with Gasteiger partial charge in [-0.2, -0.15) is 0 Å². The average molecular weight is 687 g/mol. The molecule has 0 unspecified atom stereocenters. The van der Waals surface area contributed by atoms with Crippen LogP contribution in [0.1, 0.15) is 29.1 Å². The van der Waals surface area contributed by atoms with Crippen molar-refractivity contribution in [3.63, 3.8) is 0 Å². The van der Waals surface area contributed by atoms with E-state index in [2.05, 4.69) is 34.2 Å². The first kappa shape index (κ1) is 24.2. The summed E-state index contributed by atoms with van der Waals surface area (Å²) in [6, 6.07) is 34.0. The van der Waals surface area contributed by atoms with Gasteiger partial charge in [0, 0.05) is 40.6 Å². The second-order valence-electron chi connectivity index (χ2n) is 10.3. The molecular formula is C35H28IrN2O-2. The topological polar surface area (TPSA) is 38.9 Å². The van der Waals surface area contributed by atoms with E-state index in [1.54, 1.807) is 18.7 Å². The first-order valence-corrected chi connectivity index (χ1v) is 12.7. The number of aromatic nitrogens is 2. The van der Waals surface area contributed by atoms with Crippen LogP contribution in [0.25, 0.3) is 54.7 Å². The Bertz CT molecular complexity index is 1930. The van der Waals surface area contributed by atoms with Gasteiger partial charge in [-0.15, -0.1) is 65.5 Å². The van der Waals surface area contributed by atoms with Gasteiger partial charge in [-0.3, -0.25) is 0 Å². The average Bonchev–Trinajstić information content (AvgIpc) is 3.44. The molecule has 0 aliphatic rings. The molecule has 0 aliphatic heterocycles. The van der Waals surface area contributed by atoms with Gasteiger partial charge in [0.25, 0.3) is 0 Å². The van der Waals surface area contributed by atoms with Gasteiger partial charge in [0.2, 0.25) is 0 Å². The van der Waals surface area contributed by atoms with E-state index < -0.39 is 11.8 Å². The zero-order valence-corrected chi connectivity index (χ0v) is 24.3. The molecule has 3 aromatic heterocycles. The number of pyridine rings is 2. The minimum Gasteiger partial charge on any atom is -0.464 e. The molecule has 0 saturated carbocycles. The Morgan fingerprint density at radius 2 is 1.67 bits per heavy atom. The number of hydrogen-bond acceptors (Lipinski definition) is 3. The van der Waals surface area contributed by atoms with Gasteiger partial charge in [0.05, 0.1) is 6.26 Å². The molecule has 0 atom stereocenters. The van der Waals surface area contributed by atoms with Crippen LogP contribution in [0.5, 0.6) is 0 Å². The van der Waals surface area contributed by atoms with E-state index in [0.29, 0.717) is 5.56 Å². The fourth-order valence-electron chi connectivity index (χ4n) is 4.80. The van der Waals surface area contributed by atoms with Crippen LogP contribution >= 0.6 is 0 Å². The number of furan rings is 1. The second-order valence-corrected chi connectivity index (χ2v) is 10.3. The zero-order valence-electron chi connectivity index (χ0n) is 24.0. The summed E-state index contributed by atoms with van der Waals surface area (Å²) in [4.78, 5) is 8.88. The Kier molecular flexibility index (Phi) is 6.89. The van der Waals surface area contributed by atoms with Crippen molar-refractivity contribution in [2.45, 2.75) is 27.1 Å². The minimum absolute atomic E-state index is 0. The Morgan fingerprint density at radius 3 is 2.44 bits per heavy atom. The first-order valence-electron chi connectivity index (χ1n) is 13.7. The molecule has 3 nitrogen and oxygen atoms in total. The van der Waals surface area contributed by atoms with E-state index >= 15 is 0 Å². The Hall–Kier alpha value is -3.85. The molecule has 195 valence electrons. The summed E-state index contributed by atoms with van der Waals surface area (Å²) < 4.78 is 23.5. The normalized spacial score (nSPS) is 12.5. The van der Waals surface area contributed by atoms with Crippen LogP contribution in [0, 0.1) is 17.5 Å². The Balaban J connectivity index is 0.000000218. The molecule has 7 aromatic rings. The quantitative estimate of drug-likeness (QED) is 0.135. The van der Waals surface area contributed by atoms with E-state index in [0.717, 1.165) is 54.7 Å². The molecule has 7 rings (SSSR count). The van der Waals surface area contributed by atoms with Gasteiger partial charge in [-0.25, -0.2) is 0 Å². The molecule has 0 bridgehead atoms. The van der Waals surface area contributed by atoms with Crippen molar-refractivity contribution in [3.8, 4) is 11.3 Å². The molecule has 0 aliphatic carbocycles. The molecule has 1 radical (unpaired) electrons. The smallest absolute Gasteiger partial charge is 0.133 e. The fraction of sp³-hybridized carbons (Fsp3) is 0.143. The van der Waals surface area contributed by atoms with Crippen LogP contribution in [0.15, 0.2) is 108 Å². The fourth-order valence-corrected chi connectivity index (χ4v) is 4.80. The van der Waals surface area contributed by atoms with Gasteiger partial charge in [0.15, 0.2) is 0 Å². The van der Waals surface area contributed by atoms with E-state index in [-0.39, 0.29) is 20.1 Å². The van der Waals surface area contributed by atoms with Gasteiger partial charge in [-0.1, -0.05) is 38.3 Å². The standard InChI is InChI=1S/C24H20NO.C11H8N.Ir/c1-24(2,3)14-16-8-10-25-23-18-7-5-4-6-17(18)19-13-21-15(9-11-26-21)12-20(19)22(16)23;1-2-6-10(7-3-1)11-8-4-5-9-12-11;/h4-6,8-13H,14H2,1-3H3;1-6,8-9H;/q2*-1;/i14D2;;. The van der Waals surface area contributed by atoms with Gasteiger partial charge < -0.3 is 14.4 Å². The van der Waals surface area contributed by atoms with E-state index in [4.69, 9.17) is 7.16 Å². The van der Waals surface area contributed by atoms with Gasteiger partial charge in [-0.05, 0) is 75.1 Å². The summed E-state index contributed by atoms with van der Waals surface area (Å²) in [6.45, 7) is 5.80. The molecule has 4 aromatic carbocycles. The summed E-state index contributed by atoms with van der Waals surface area (Å²) in [5.41, 5.74) is 3.72. The number of rotatable bonds is 2. The molecule has 4 heteroatoms. The zero-order chi connectivity index (χ0) is 27.9. The van der Waals surface area contributed by atoms with E-state index in [1.165, 1.54) is 0 Å². The van der Waals surface area contributed by atoms with Crippen molar-refractivity contribution in [1.82, 2.24) is 9.97 Å². The van der Waals surface area contributed by atoms with Crippen LogP contribution in [-0.2, 0) is 26.5 Å². The Morgan fingerprint density at radius 1 is 0.821 bits per heavy atom. The summed E-state index contributed by atoms with van der Waals surface area (Å²) in [6.07, 6.45) is 3.66. The largest absolute Gasteiger partial charge is 0.464 e. The summed E-state index contributed by atoms with van der Waals surface area (Å²) in [5.74, 6) is 0. The first-order chi connectivity index (χ1) is 19.3. The molecule has 0 saturated heterocycles. The van der Waals surface area contributed by atoms with E-state index in [1.807, 2.05) is 93.6 Å². The maximum Gasteiger partial charge on any atom is 0.133 e. The number of benzene rings is 4. The van der Waals surface area contributed by atoms with Gasteiger partial charge in [0.1, 0.15) is 5.58 Å². The van der Waals surface area contributed by atoms with Crippen LogP contribution in [0.3, 0.4) is 0 Å².